The van der Waals surface area contributed by atoms with Gasteiger partial charge in [-0.3, -0.25) is 0 Å². The van der Waals surface area contributed by atoms with Crippen molar-refractivity contribution in [3.8, 4) is 0 Å². The lowest BCUT2D eigenvalue weighted by Crippen LogP contribution is -2.37. The fourth-order valence-corrected chi connectivity index (χ4v) is 1.39. The summed E-state index contributed by atoms with van der Waals surface area (Å²) in [5, 5.41) is 3.43. The van der Waals surface area contributed by atoms with Crippen LogP contribution in [0.5, 0.6) is 0 Å². The third-order valence-electron chi connectivity index (χ3n) is 2.76. The van der Waals surface area contributed by atoms with E-state index in [2.05, 4.69) is 53.8 Å². The molecule has 0 bridgehead atoms. The van der Waals surface area contributed by atoms with Crippen molar-refractivity contribution in [3.63, 3.8) is 0 Å². The van der Waals surface area contributed by atoms with Gasteiger partial charge in [-0.25, -0.2) is 0 Å². The largest absolute Gasteiger partial charge is 0.400 e. The number of rotatable bonds is 3. The molecule has 0 aliphatic heterocycles. The van der Waals surface area contributed by atoms with Crippen LogP contribution in [0.1, 0.15) is 54.9 Å². The van der Waals surface area contributed by atoms with Gasteiger partial charge in [-0.05, 0) is 11.8 Å². The molecule has 0 aliphatic rings. The average molecular weight is 212 g/mol. The minimum absolute atomic E-state index is 0.0448. The minimum Gasteiger partial charge on any atom is -0.400 e. The first-order valence-corrected chi connectivity index (χ1v) is 5.81. The third-order valence-corrected chi connectivity index (χ3v) is 2.76. The molecule has 1 unspecified atom stereocenters. The highest BCUT2D eigenvalue weighted by atomic mass is 14.9. The Morgan fingerprint density at radius 1 is 1.20 bits per heavy atom. The van der Waals surface area contributed by atoms with Crippen LogP contribution >= 0.6 is 0 Å². The molecule has 15 heavy (non-hydrogen) atoms. The number of hydrogen-bond acceptors (Lipinski definition) is 2. The first-order valence-electron chi connectivity index (χ1n) is 5.81. The van der Waals surface area contributed by atoms with Crippen molar-refractivity contribution >= 4 is 0 Å². The molecule has 0 aromatic rings. The molecule has 90 valence electrons. The second kappa shape index (κ2) is 4.91. The lowest BCUT2D eigenvalue weighted by Gasteiger charge is -2.31. The maximum atomic E-state index is 6.00. The zero-order chi connectivity index (χ0) is 12.3. The lowest BCUT2D eigenvalue weighted by atomic mass is 9.85. The fraction of sp³-hybridized carbons (Fsp3) is 0.846. The maximum absolute atomic E-state index is 6.00. The van der Waals surface area contributed by atoms with Gasteiger partial charge in [-0.15, -0.1) is 0 Å². The van der Waals surface area contributed by atoms with Crippen molar-refractivity contribution in [2.24, 2.45) is 16.6 Å². The molecule has 0 heterocycles. The number of nitrogens with two attached hydrogens (primary N) is 1. The molecular formula is C13H28N2. The van der Waals surface area contributed by atoms with Crippen LogP contribution in [0.25, 0.3) is 0 Å². The number of nitrogens with one attached hydrogen (secondary N) is 1. The molecular weight excluding hydrogens is 184 g/mol. The minimum atomic E-state index is 0.0448. The van der Waals surface area contributed by atoms with Gasteiger partial charge in [0.25, 0.3) is 0 Å². The molecule has 0 fully saturated rings. The van der Waals surface area contributed by atoms with Crippen molar-refractivity contribution in [2.75, 3.05) is 0 Å². The molecule has 0 saturated heterocycles. The molecule has 1 atom stereocenters. The summed E-state index contributed by atoms with van der Waals surface area (Å²) in [5.74, 6) is 0. The highest BCUT2D eigenvalue weighted by Gasteiger charge is 2.22. The van der Waals surface area contributed by atoms with Crippen molar-refractivity contribution in [3.05, 3.63) is 11.9 Å². The summed E-state index contributed by atoms with van der Waals surface area (Å²) in [6, 6.07) is 0.471. The monoisotopic (exact) mass is 212 g/mol. The van der Waals surface area contributed by atoms with Crippen LogP contribution in [-0.4, -0.2) is 6.04 Å². The van der Waals surface area contributed by atoms with E-state index in [0.29, 0.717) is 6.04 Å². The Balaban J connectivity index is 4.48. The van der Waals surface area contributed by atoms with Crippen molar-refractivity contribution in [2.45, 2.75) is 60.9 Å². The summed E-state index contributed by atoms with van der Waals surface area (Å²) in [6.07, 6.45) is 3.08. The molecule has 0 spiro atoms. The SMILES string of the molecule is CCC(N/C=C(\N)C(C)(C)C)C(C)(C)C. The molecule has 0 aromatic heterocycles. The molecule has 0 rings (SSSR count). The van der Waals surface area contributed by atoms with E-state index in [1.54, 1.807) is 0 Å². The second-order valence-electron chi connectivity index (χ2n) is 6.34. The summed E-state index contributed by atoms with van der Waals surface area (Å²) < 4.78 is 0. The van der Waals surface area contributed by atoms with E-state index in [-0.39, 0.29) is 10.8 Å². The Labute approximate surface area is 95.3 Å². The maximum Gasteiger partial charge on any atom is 0.0302 e. The van der Waals surface area contributed by atoms with E-state index < -0.39 is 0 Å². The van der Waals surface area contributed by atoms with Gasteiger partial charge in [0.05, 0.1) is 0 Å². The van der Waals surface area contributed by atoms with Crippen LogP contribution in [0.2, 0.25) is 0 Å². The fourth-order valence-electron chi connectivity index (χ4n) is 1.39. The van der Waals surface area contributed by atoms with Crippen molar-refractivity contribution < 1.29 is 0 Å². The van der Waals surface area contributed by atoms with E-state index in [0.717, 1.165) is 12.1 Å². The highest BCUT2D eigenvalue weighted by Crippen LogP contribution is 2.23. The van der Waals surface area contributed by atoms with Crippen molar-refractivity contribution in [1.82, 2.24) is 5.32 Å². The second-order valence-corrected chi connectivity index (χ2v) is 6.34. The normalized spacial score (nSPS) is 16.3. The van der Waals surface area contributed by atoms with Gasteiger partial charge in [0.2, 0.25) is 0 Å². The van der Waals surface area contributed by atoms with E-state index >= 15 is 0 Å². The average Bonchev–Trinajstić information content (AvgIpc) is 2.00. The zero-order valence-electron chi connectivity index (χ0n) is 11.4. The Kier molecular flexibility index (Phi) is 4.69. The Morgan fingerprint density at radius 2 is 1.67 bits per heavy atom. The van der Waals surface area contributed by atoms with Gasteiger partial charge in [0, 0.05) is 23.4 Å². The van der Waals surface area contributed by atoms with Gasteiger partial charge in [-0.1, -0.05) is 48.5 Å². The number of allylic oxidation sites excluding steroid dienone is 1. The molecule has 0 amide bonds. The lowest BCUT2D eigenvalue weighted by molar-refractivity contribution is 0.280. The Hall–Kier alpha value is -0.660. The van der Waals surface area contributed by atoms with Crippen molar-refractivity contribution in [1.29, 1.82) is 0 Å². The molecule has 2 heteroatoms. The number of hydrogen-bond donors (Lipinski definition) is 2. The van der Waals surface area contributed by atoms with Gasteiger partial charge in [0.1, 0.15) is 0 Å². The highest BCUT2D eigenvalue weighted by molar-refractivity contribution is 5.05. The molecule has 0 aliphatic carbocycles. The molecule has 0 saturated carbocycles. The topological polar surface area (TPSA) is 38.0 Å². The van der Waals surface area contributed by atoms with Crippen LogP contribution in [0.4, 0.5) is 0 Å². The van der Waals surface area contributed by atoms with Crippen LogP contribution < -0.4 is 11.1 Å². The smallest absolute Gasteiger partial charge is 0.0302 e. The molecule has 0 aromatic carbocycles. The van der Waals surface area contributed by atoms with Gasteiger partial charge < -0.3 is 11.1 Å². The first-order chi connectivity index (χ1) is 6.59. The standard InChI is InChI=1S/C13H28N2/c1-8-11(13(5,6)7)15-9-10(14)12(2,3)4/h9,11,15H,8,14H2,1-7H3/b10-9-. The summed E-state index contributed by atoms with van der Waals surface area (Å²) in [5.41, 5.74) is 7.22. The van der Waals surface area contributed by atoms with Crippen LogP contribution in [0.15, 0.2) is 11.9 Å². The van der Waals surface area contributed by atoms with Gasteiger partial charge >= 0.3 is 0 Å². The molecule has 3 N–H and O–H groups in total. The van der Waals surface area contributed by atoms with Crippen LogP contribution in [0, 0.1) is 10.8 Å². The summed E-state index contributed by atoms with van der Waals surface area (Å²) in [7, 11) is 0. The Bertz CT molecular complexity index is 216. The van der Waals surface area contributed by atoms with E-state index in [9.17, 15) is 0 Å². The van der Waals surface area contributed by atoms with Gasteiger partial charge in [-0.2, -0.15) is 0 Å². The van der Waals surface area contributed by atoms with E-state index in [4.69, 9.17) is 5.73 Å². The van der Waals surface area contributed by atoms with Crippen LogP contribution in [-0.2, 0) is 0 Å². The zero-order valence-corrected chi connectivity index (χ0v) is 11.4. The predicted molar refractivity (Wildman–Crippen MR) is 68.4 cm³/mol. The van der Waals surface area contributed by atoms with Gasteiger partial charge in [0.15, 0.2) is 0 Å². The quantitative estimate of drug-likeness (QED) is 0.753. The first kappa shape index (κ1) is 14.3. The molecule has 2 nitrogen and oxygen atoms in total. The van der Waals surface area contributed by atoms with E-state index in [1.165, 1.54) is 0 Å². The summed E-state index contributed by atoms with van der Waals surface area (Å²) >= 11 is 0. The van der Waals surface area contributed by atoms with Crippen LogP contribution in [0.3, 0.4) is 0 Å². The third kappa shape index (κ3) is 5.10. The summed E-state index contributed by atoms with van der Waals surface area (Å²) in [4.78, 5) is 0. The summed E-state index contributed by atoms with van der Waals surface area (Å²) in [6.45, 7) is 15.3. The van der Waals surface area contributed by atoms with E-state index in [1.807, 2.05) is 6.20 Å². The predicted octanol–water partition coefficient (Wildman–Crippen LogP) is 3.25. The molecule has 0 radical (unpaired) electrons. The Morgan fingerprint density at radius 3 is 1.93 bits per heavy atom.